The molecule has 2 aliphatic rings. The average molecular weight is 621 g/mol. The smallest absolute Gasteiger partial charge is 0.333 e. The van der Waals surface area contributed by atoms with Crippen LogP contribution in [0.2, 0.25) is 0 Å². The second kappa shape index (κ2) is 15.3. The average Bonchev–Trinajstić information content (AvgIpc) is 3.51. The fourth-order valence-electron chi connectivity index (χ4n) is 5.21. The van der Waals surface area contributed by atoms with E-state index in [-0.39, 0.29) is 43.2 Å². The minimum absolute atomic E-state index is 0. The molecule has 1 aliphatic carbocycles. The Morgan fingerprint density at radius 3 is 2.48 bits per heavy atom. The van der Waals surface area contributed by atoms with Crippen molar-refractivity contribution in [3.8, 4) is 28.3 Å². The van der Waals surface area contributed by atoms with Gasteiger partial charge in [0.15, 0.2) is 5.78 Å². The summed E-state index contributed by atoms with van der Waals surface area (Å²) in [5.74, 6) is 0.549. The molecule has 2 heterocycles. The highest BCUT2D eigenvalue weighted by Gasteiger charge is 2.35. The van der Waals surface area contributed by atoms with Crippen LogP contribution in [0.3, 0.4) is 0 Å². The van der Waals surface area contributed by atoms with E-state index in [0.29, 0.717) is 41.4 Å². The van der Waals surface area contributed by atoms with Gasteiger partial charge in [0.1, 0.15) is 18.1 Å². The minimum Gasteiger partial charge on any atom is -0.492 e. The van der Waals surface area contributed by atoms with Crippen LogP contribution >= 0.6 is 24.8 Å². The number of carbonyl (C=O) groups excluding carboxylic acids is 2. The predicted molar refractivity (Wildman–Crippen MR) is 168 cm³/mol. The Labute approximate surface area is 258 Å². The van der Waals surface area contributed by atoms with Crippen LogP contribution in [0.15, 0.2) is 42.5 Å². The number of nitrogens with one attached hydrogen (secondary N) is 3. The lowest BCUT2D eigenvalue weighted by molar-refractivity contribution is 0.104. The van der Waals surface area contributed by atoms with Crippen molar-refractivity contribution in [2.45, 2.75) is 13.3 Å². The quantitative estimate of drug-likeness (QED) is 0.201. The van der Waals surface area contributed by atoms with Crippen LogP contribution in [0.25, 0.3) is 22.5 Å². The molecule has 0 saturated carbocycles. The summed E-state index contributed by atoms with van der Waals surface area (Å²) in [6, 6.07) is 12.6. The highest BCUT2D eigenvalue weighted by molar-refractivity contribution is 6.26. The lowest BCUT2D eigenvalue weighted by Gasteiger charge is -2.32. The first-order chi connectivity index (χ1) is 19.5. The van der Waals surface area contributed by atoms with E-state index in [0.717, 1.165) is 62.6 Å². The van der Waals surface area contributed by atoms with Gasteiger partial charge < -0.3 is 20.1 Å². The van der Waals surface area contributed by atoms with Crippen molar-refractivity contribution in [3.63, 3.8) is 0 Å². The number of benzene rings is 2. The number of hydrogen-bond acceptors (Lipinski definition) is 8. The van der Waals surface area contributed by atoms with Gasteiger partial charge in [-0.05, 0) is 50.3 Å². The third-order valence-corrected chi connectivity index (χ3v) is 7.33. The van der Waals surface area contributed by atoms with E-state index in [1.54, 1.807) is 6.07 Å². The number of hydrazine groups is 1. The number of aromatic amines is 1. The van der Waals surface area contributed by atoms with Gasteiger partial charge >= 0.3 is 6.03 Å². The van der Waals surface area contributed by atoms with Gasteiger partial charge in [-0.3, -0.25) is 20.2 Å². The number of piperazine rings is 1. The van der Waals surface area contributed by atoms with E-state index in [9.17, 15) is 14.7 Å². The number of aromatic nitrogens is 2. The number of ketones is 1. The highest BCUT2D eigenvalue weighted by atomic mass is 35.5. The molecule has 1 saturated heterocycles. The number of anilines is 1. The first-order valence-corrected chi connectivity index (χ1v) is 13.8. The van der Waals surface area contributed by atoms with E-state index in [1.165, 1.54) is 0 Å². The monoisotopic (exact) mass is 619 g/mol. The first kappa shape index (κ1) is 33.3. The zero-order chi connectivity index (χ0) is 28.1. The molecule has 0 spiro atoms. The standard InChI is InChI=1S/C29H37N7O4.2ClH/c1-3-11-35(16-18-37)17-19-40-21-9-7-20(8-10-21)26-25-27(32-31-26)22-5-4-6-23(24(22)28(25)38)30-29(39)33-36-14-12-34(2)13-15-36;;/h4-10,37H,3,11-19H2,1-2H3,(H,31,32)(H2,30,33,39);2*1H. The van der Waals surface area contributed by atoms with Crippen LogP contribution in [0, 0.1) is 0 Å². The van der Waals surface area contributed by atoms with Gasteiger partial charge in [-0.1, -0.05) is 19.1 Å². The number of halogens is 2. The van der Waals surface area contributed by atoms with Crippen LogP contribution in [0.5, 0.6) is 5.75 Å². The van der Waals surface area contributed by atoms with Crippen molar-refractivity contribution in [1.82, 2.24) is 30.4 Å². The molecule has 42 heavy (non-hydrogen) atoms. The van der Waals surface area contributed by atoms with Crippen molar-refractivity contribution >= 4 is 42.3 Å². The minimum atomic E-state index is -0.371. The molecule has 4 N–H and O–H groups in total. The number of likely N-dealkylation sites (N-methyl/N-ethyl adjacent to an activating group) is 1. The Hall–Kier alpha value is -3.19. The fraction of sp³-hybridized carbons (Fsp3) is 0.414. The third kappa shape index (κ3) is 7.41. The number of urea groups is 1. The number of carbonyl (C=O) groups is 2. The van der Waals surface area contributed by atoms with Crippen LogP contribution in [0.4, 0.5) is 10.5 Å². The van der Waals surface area contributed by atoms with E-state index in [4.69, 9.17) is 4.74 Å². The third-order valence-electron chi connectivity index (χ3n) is 7.33. The van der Waals surface area contributed by atoms with Gasteiger partial charge in [0.25, 0.3) is 0 Å². The maximum Gasteiger partial charge on any atom is 0.333 e. The molecule has 1 fully saturated rings. The molecule has 13 heteroatoms. The number of fused-ring (bicyclic) bond motifs is 3. The van der Waals surface area contributed by atoms with Gasteiger partial charge in [0, 0.05) is 50.4 Å². The number of aliphatic hydroxyl groups is 1. The number of rotatable bonds is 11. The van der Waals surface area contributed by atoms with Gasteiger partial charge in [-0.25, -0.2) is 9.80 Å². The lowest BCUT2D eigenvalue weighted by atomic mass is 10.0. The molecule has 0 bridgehead atoms. The Balaban J connectivity index is 0.00000242. The van der Waals surface area contributed by atoms with Crippen LogP contribution in [-0.4, -0.2) is 108 Å². The van der Waals surface area contributed by atoms with Crippen molar-refractivity contribution in [2.75, 3.05) is 71.4 Å². The maximum atomic E-state index is 13.7. The molecule has 2 aromatic carbocycles. The maximum absolute atomic E-state index is 13.7. The second-order valence-electron chi connectivity index (χ2n) is 10.2. The molecule has 0 atom stereocenters. The molecule has 2 amide bonds. The molecule has 0 radical (unpaired) electrons. The van der Waals surface area contributed by atoms with E-state index in [2.05, 4.69) is 44.7 Å². The molecule has 11 nitrogen and oxygen atoms in total. The largest absolute Gasteiger partial charge is 0.492 e. The lowest BCUT2D eigenvalue weighted by Crippen LogP contribution is -2.53. The molecule has 0 unspecified atom stereocenters. The summed E-state index contributed by atoms with van der Waals surface area (Å²) in [4.78, 5) is 30.8. The number of nitrogens with zero attached hydrogens (tertiary/aromatic N) is 4. The predicted octanol–water partition coefficient (Wildman–Crippen LogP) is 3.50. The molecular weight excluding hydrogens is 581 g/mol. The molecule has 1 aliphatic heterocycles. The molecule has 228 valence electrons. The van der Waals surface area contributed by atoms with Crippen LogP contribution in [0.1, 0.15) is 29.3 Å². The summed E-state index contributed by atoms with van der Waals surface area (Å²) in [6.07, 6.45) is 1.02. The number of hydrogen-bond donors (Lipinski definition) is 4. The zero-order valence-electron chi connectivity index (χ0n) is 23.9. The summed E-state index contributed by atoms with van der Waals surface area (Å²) in [5, 5.41) is 21.5. The Kier molecular flexibility index (Phi) is 12.2. The number of ether oxygens (including phenoxy) is 1. The van der Waals surface area contributed by atoms with E-state index in [1.807, 2.05) is 41.4 Å². The first-order valence-electron chi connectivity index (χ1n) is 13.8. The van der Waals surface area contributed by atoms with Gasteiger partial charge in [0.05, 0.1) is 29.1 Å². The van der Waals surface area contributed by atoms with Crippen molar-refractivity contribution in [3.05, 3.63) is 53.6 Å². The summed E-state index contributed by atoms with van der Waals surface area (Å²) in [5.41, 5.74) is 7.03. The summed E-state index contributed by atoms with van der Waals surface area (Å²) >= 11 is 0. The Morgan fingerprint density at radius 1 is 1.05 bits per heavy atom. The molecular formula is C29H39Cl2N7O4. The van der Waals surface area contributed by atoms with Crippen LogP contribution < -0.4 is 15.5 Å². The van der Waals surface area contributed by atoms with Gasteiger partial charge in [-0.15, -0.1) is 24.8 Å². The molecule has 5 rings (SSSR count). The SMILES string of the molecule is CCCN(CCO)CCOc1ccc(-c2n[nH]c3c2C(=O)c2c(NC(=O)NN4CCN(C)CC4)cccc2-3)cc1.Cl.Cl. The molecule has 1 aromatic heterocycles. The topological polar surface area (TPSA) is 126 Å². The number of H-pyrrole nitrogens is 1. The van der Waals surface area contributed by atoms with Crippen molar-refractivity contribution < 1.29 is 19.4 Å². The van der Waals surface area contributed by atoms with E-state index < -0.39 is 0 Å². The molecule has 3 aromatic rings. The Bertz CT molecular complexity index is 1340. The Morgan fingerprint density at radius 2 is 1.79 bits per heavy atom. The highest BCUT2D eigenvalue weighted by Crippen LogP contribution is 2.43. The zero-order valence-corrected chi connectivity index (χ0v) is 25.5. The fourth-order valence-corrected chi connectivity index (χ4v) is 5.21. The summed E-state index contributed by atoms with van der Waals surface area (Å²) in [7, 11) is 2.06. The number of aliphatic hydroxyl groups excluding tert-OH is 1. The van der Waals surface area contributed by atoms with Crippen molar-refractivity contribution in [1.29, 1.82) is 0 Å². The van der Waals surface area contributed by atoms with Crippen molar-refractivity contribution in [2.24, 2.45) is 0 Å². The van der Waals surface area contributed by atoms with Gasteiger partial charge in [0.2, 0.25) is 0 Å². The second-order valence-corrected chi connectivity index (χ2v) is 10.2. The van der Waals surface area contributed by atoms with Gasteiger partial charge in [-0.2, -0.15) is 5.10 Å². The van der Waals surface area contributed by atoms with E-state index >= 15 is 0 Å². The summed E-state index contributed by atoms with van der Waals surface area (Å²) < 4.78 is 5.91. The number of amides is 2. The van der Waals surface area contributed by atoms with Crippen LogP contribution in [-0.2, 0) is 0 Å². The normalized spacial score (nSPS) is 14.5. The summed E-state index contributed by atoms with van der Waals surface area (Å²) in [6.45, 7) is 8.27.